The predicted molar refractivity (Wildman–Crippen MR) is 77.2 cm³/mol. The molecule has 2 rings (SSSR count). The molecule has 0 bridgehead atoms. The number of aliphatic hydroxyl groups excluding tert-OH is 1. The first-order chi connectivity index (χ1) is 9.69. The van der Waals surface area contributed by atoms with Crippen LogP contribution in [-0.4, -0.2) is 16.7 Å². The van der Waals surface area contributed by atoms with Crippen molar-refractivity contribution in [2.45, 2.75) is 26.4 Å². The van der Waals surface area contributed by atoms with Crippen LogP contribution in [0.15, 0.2) is 42.6 Å². The van der Waals surface area contributed by atoms with Crippen LogP contribution in [0.3, 0.4) is 0 Å². The highest BCUT2D eigenvalue weighted by Crippen LogP contribution is 2.24. The highest BCUT2D eigenvalue weighted by atomic mass is 16.5. The normalized spacial score (nSPS) is 11.9. The van der Waals surface area contributed by atoms with Crippen LogP contribution in [-0.2, 0) is 0 Å². The van der Waals surface area contributed by atoms with Crippen LogP contribution in [0.25, 0.3) is 0 Å². The first kappa shape index (κ1) is 14.3. The molecular formula is C16H19NO3. The molecule has 2 aromatic rings. The molecule has 1 aromatic carbocycles. The largest absolute Gasteiger partial charge is 0.494 e. The molecule has 0 aliphatic heterocycles. The molecule has 1 atom stereocenters. The molecule has 0 unspecified atom stereocenters. The Morgan fingerprint density at radius 2 is 1.85 bits per heavy atom. The minimum atomic E-state index is -0.537. The molecule has 0 spiro atoms. The second kappa shape index (κ2) is 6.91. The zero-order chi connectivity index (χ0) is 14.4. The molecule has 20 heavy (non-hydrogen) atoms. The Labute approximate surface area is 119 Å². The van der Waals surface area contributed by atoms with Crippen LogP contribution in [0, 0.1) is 0 Å². The first-order valence-corrected chi connectivity index (χ1v) is 6.73. The number of aromatic nitrogens is 1. The number of aliphatic hydroxyl groups is 1. The molecule has 0 aliphatic rings. The van der Waals surface area contributed by atoms with E-state index in [4.69, 9.17) is 9.47 Å². The van der Waals surface area contributed by atoms with E-state index >= 15 is 0 Å². The van der Waals surface area contributed by atoms with Crippen molar-refractivity contribution < 1.29 is 14.6 Å². The van der Waals surface area contributed by atoms with Crippen LogP contribution in [0.2, 0.25) is 0 Å². The fourth-order valence-corrected chi connectivity index (χ4v) is 1.68. The minimum absolute atomic E-state index is 0.464. The summed E-state index contributed by atoms with van der Waals surface area (Å²) in [4.78, 5) is 4.12. The molecule has 4 heteroatoms. The highest BCUT2D eigenvalue weighted by molar-refractivity contribution is 5.34. The summed E-state index contributed by atoms with van der Waals surface area (Å²) in [5.74, 6) is 1.97. The van der Waals surface area contributed by atoms with Gasteiger partial charge in [0.05, 0.1) is 12.7 Å². The summed E-state index contributed by atoms with van der Waals surface area (Å²) in [5, 5.41) is 9.53. The second-order valence-electron chi connectivity index (χ2n) is 4.53. The van der Waals surface area contributed by atoms with Crippen LogP contribution in [0.4, 0.5) is 0 Å². The lowest BCUT2D eigenvalue weighted by Gasteiger charge is -2.09. The van der Waals surface area contributed by atoms with Crippen molar-refractivity contribution in [2.75, 3.05) is 6.61 Å². The van der Waals surface area contributed by atoms with Crippen LogP contribution < -0.4 is 9.47 Å². The lowest BCUT2D eigenvalue weighted by Crippen LogP contribution is -1.95. The minimum Gasteiger partial charge on any atom is -0.494 e. The Balaban J connectivity index is 2.04. The molecule has 0 saturated heterocycles. The monoisotopic (exact) mass is 273 g/mol. The van der Waals surface area contributed by atoms with E-state index in [0.717, 1.165) is 17.7 Å². The van der Waals surface area contributed by atoms with Gasteiger partial charge in [-0.05, 0) is 49.2 Å². The fourth-order valence-electron chi connectivity index (χ4n) is 1.68. The van der Waals surface area contributed by atoms with E-state index in [1.165, 1.54) is 0 Å². The van der Waals surface area contributed by atoms with Crippen molar-refractivity contribution in [1.82, 2.24) is 4.98 Å². The molecule has 1 N–H and O–H groups in total. The van der Waals surface area contributed by atoms with E-state index in [0.29, 0.717) is 18.2 Å². The number of hydrogen-bond acceptors (Lipinski definition) is 4. The lowest BCUT2D eigenvalue weighted by atomic mass is 10.2. The quantitative estimate of drug-likeness (QED) is 0.871. The van der Waals surface area contributed by atoms with E-state index in [2.05, 4.69) is 11.9 Å². The van der Waals surface area contributed by atoms with Gasteiger partial charge in [0.15, 0.2) is 0 Å². The third-order valence-electron chi connectivity index (χ3n) is 2.76. The van der Waals surface area contributed by atoms with E-state index in [1.54, 1.807) is 25.3 Å². The van der Waals surface area contributed by atoms with Gasteiger partial charge >= 0.3 is 0 Å². The van der Waals surface area contributed by atoms with Gasteiger partial charge in [0.1, 0.15) is 11.5 Å². The maximum Gasteiger partial charge on any atom is 0.219 e. The summed E-state index contributed by atoms with van der Waals surface area (Å²) < 4.78 is 11.2. The molecular weight excluding hydrogens is 254 g/mol. The molecule has 0 saturated carbocycles. The van der Waals surface area contributed by atoms with E-state index in [1.807, 2.05) is 24.3 Å². The Morgan fingerprint density at radius 1 is 1.15 bits per heavy atom. The van der Waals surface area contributed by atoms with Crippen LogP contribution >= 0.6 is 0 Å². The second-order valence-corrected chi connectivity index (χ2v) is 4.53. The smallest absolute Gasteiger partial charge is 0.219 e. The van der Waals surface area contributed by atoms with Crippen molar-refractivity contribution in [3.63, 3.8) is 0 Å². The van der Waals surface area contributed by atoms with Gasteiger partial charge in [0.25, 0.3) is 0 Å². The fraction of sp³-hybridized carbons (Fsp3) is 0.312. The Morgan fingerprint density at radius 3 is 2.50 bits per heavy atom. The predicted octanol–water partition coefficient (Wildman–Crippen LogP) is 3.72. The number of rotatable bonds is 6. The zero-order valence-corrected chi connectivity index (χ0v) is 11.7. The molecule has 0 fully saturated rings. The summed E-state index contributed by atoms with van der Waals surface area (Å²) in [5.41, 5.74) is 0.776. The summed E-state index contributed by atoms with van der Waals surface area (Å²) in [6.07, 6.45) is 2.06. The van der Waals surface area contributed by atoms with E-state index in [9.17, 15) is 5.11 Å². The van der Waals surface area contributed by atoms with Crippen molar-refractivity contribution in [3.05, 3.63) is 48.2 Å². The van der Waals surface area contributed by atoms with Gasteiger partial charge in [-0.3, -0.25) is 0 Å². The topological polar surface area (TPSA) is 51.6 Å². The molecule has 4 nitrogen and oxygen atoms in total. The van der Waals surface area contributed by atoms with Crippen molar-refractivity contribution in [3.8, 4) is 17.4 Å². The van der Waals surface area contributed by atoms with Crippen LogP contribution in [0.1, 0.15) is 31.9 Å². The molecule has 1 aromatic heterocycles. The maximum absolute atomic E-state index is 9.53. The average Bonchev–Trinajstić information content (AvgIpc) is 2.47. The zero-order valence-electron chi connectivity index (χ0n) is 11.7. The molecule has 0 aliphatic carbocycles. The van der Waals surface area contributed by atoms with Crippen molar-refractivity contribution in [1.29, 1.82) is 0 Å². The number of pyridine rings is 1. The summed E-state index contributed by atoms with van der Waals surface area (Å²) >= 11 is 0. The van der Waals surface area contributed by atoms with Crippen molar-refractivity contribution in [2.24, 2.45) is 0 Å². The summed E-state index contributed by atoms with van der Waals surface area (Å²) in [6, 6.07) is 10.9. The lowest BCUT2D eigenvalue weighted by molar-refractivity contribution is 0.198. The van der Waals surface area contributed by atoms with Gasteiger partial charge in [-0.1, -0.05) is 6.92 Å². The molecule has 106 valence electrons. The standard InChI is InChI=1S/C16H19NO3/c1-3-10-19-14-4-6-15(7-5-14)20-16-11-13(12(2)18)8-9-17-16/h4-9,11-12,18H,3,10H2,1-2H3/t12-/m0/s1. The summed E-state index contributed by atoms with van der Waals surface area (Å²) in [7, 11) is 0. The van der Waals surface area contributed by atoms with Crippen molar-refractivity contribution >= 4 is 0 Å². The highest BCUT2D eigenvalue weighted by Gasteiger charge is 2.04. The van der Waals surface area contributed by atoms with Crippen LogP contribution in [0.5, 0.6) is 17.4 Å². The molecule has 0 amide bonds. The van der Waals surface area contributed by atoms with E-state index in [-0.39, 0.29) is 0 Å². The average molecular weight is 273 g/mol. The Bertz CT molecular complexity index is 538. The maximum atomic E-state index is 9.53. The number of benzene rings is 1. The van der Waals surface area contributed by atoms with E-state index < -0.39 is 6.10 Å². The third kappa shape index (κ3) is 3.96. The van der Waals surface area contributed by atoms with Gasteiger partial charge in [0, 0.05) is 12.3 Å². The Hall–Kier alpha value is -2.07. The molecule has 1 heterocycles. The number of ether oxygens (including phenoxy) is 2. The SMILES string of the molecule is CCCOc1ccc(Oc2cc([C@H](C)O)ccn2)cc1. The third-order valence-corrected chi connectivity index (χ3v) is 2.76. The van der Waals surface area contributed by atoms with Gasteiger partial charge in [-0.15, -0.1) is 0 Å². The first-order valence-electron chi connectivity index (χ1n) is 6.73. The number of nitrogens with zero attached hydrogens (tertiary/aromatic N) is 1. The molecule has 0 radical (unpaired) electrons. The summed E-state index contributed by atoms with van der Waals surface area (Å²) in [6.45, 7) is 4.48. The number of hydrogen-bond donors (Lipinski definition) is 1. The van der Waals surface area contributed by atoms with Gasteiger partial charge in [0.2, 0.25) is 5.88 Å². The van der Waals surface area contributed by atoms with Gasteiger partial charge in [-0.2, -0.15) is 0 Å². The van der Waals surface area contributed by atoms with Gasteiger partial charge in [-0.25, -0.2) is 4.98 Å². The van der Waals surface area contributed by atoms with Gasteiger partial charge < -0.3 is 14.6 Å². The Kier molecular flexibility index (Phi) is 4.96.